The minimum atomic E-state index is -3.50. The van der Waals surface area contributed by atoms with Crippen LogP contribution < -0.4 is 0 Å². The van der Waals surface area contributed by atoms with Gasteiger partial charge in [0.2, 0.25) is 5.89 Å². The summed E-state index contributed by atoms with van der Waals surface area (Å²) in [6.45, 7) is 0.432. The summed E-state index contributed by atoms with van der Waals surface area (Å²) in [6, 6.07) is 8.29. The van der Waals surface area contributed by atoms with Crippen LogP contribution in [-0.2, 0) is 9.84 Å². The molecule has 1 amide bonds. The van der Waals surface area contributed by atoms with E-state index in [1.807, 2.05) is 0 Å². The average molecular weight is 418 g/mol. The minimum absolute atomic E-state index is 0.0900. The lowest BCUT2D eigenvalue weighted by Crippen LogP contribution is -2.37. The Morgan fingerprint density at radius 3 is 2.72 bits per heavy atom. The lowest BCUT2D eigenvalue weighted by Gasteiger charge is -2.31. The van der Waals surface area contributed by atoms with Crippen LogP contribution in [0.1, 0.15) is 31.2 Å². The second-order valence-corrected chi connectivity index (χ2v) is 9.15. The molecule has 0 bridgehead atoms. The van der Waals surface area contributed by atoms with Crippen molar-refractivity contribution in [2.24, 2.45) is 0 Å². The number of likely N-dealkylation sites (tertiary alicyclic amines) is 1. The number of aromatic nitrogens is 1. The molecule has 1 N–H and O–H groups in total. The van der Waals surface area contributed by atoms with Crippen molar-refractivity contribution in [3.63, 3.8) is 0 Å². The smallest absolute Gasteiger partial charge is 0.407 e. The van der Waals surface area contributed by atoms with Gasteiger partial charge in [-0.2, -0.15) is 0 Å². The van der Waals surface area contributed by atoms with Crippen molar-refractivity contribution in [2.45, 2.75) is 30.2 Å². The first kappa shape index (κ1) is 19.4. The number of benzene rings is 2. The van der Waals surface area contributed by atoms with Crippen LogP contribution in [0.25, 0.3) is 22.2 Å². The van der Waals surface area contributed by atoms with Crippen LogP contribution in [0.5, 0.6) is 0 Å². The van der Waals surface area contributed by atoms with Crippen molar-refractivity contribution in [1.82, 2.24) is 9.88 Å². The topological polar surface area (TPSA) is 101 Å². The predicted octanol–water partition coefficient (Wildman–Crippen LogP) is 4.24. The molecule has 3 aromatic rings. The number of piperidine rings is 1. The normalized spacial score (nSPS) is 17.6. The van der Waals surface area contributed by atoms with Gasteiger partial charge in [-0.25, -0.2) is 22.6 Å². The molecule has 1 fully saturated rings. The Kier molecular flexibility index (Phi) is 4.77. The molecule has 152 valence electrons. The summed E-state index contributed by atoms with van der Waals surface area (Å²) in [5.74, 6) is -0.330. The second kappa shape index (κ2) is 7.14. The van der Waals surface area contributed by atoms with Gasteiger partial charge in [-0.1, -0.05) is 12.1 Å². The molecule has 9 heteroatoms. The van der Waals surface area contributed by atoms with Gasteiger partial charge in [0.15, 0.2) is 15.4 Å². The van der Waals surface area contributed by atoms with Gasteiger partial charge in [0.05, 0.1) is 4.90 Å². The Hall–Kier alpha value is -2.94. The fraction of sp³-hybridized carbons (Fsp3) is 0.300. The van der Waals surface area contributed by atoms with E-state index in [2.05, 4.69) is 4.98 Å². The molecule has 7 nitrogen and oxygen atoms in total. The molecule has 1 aliphatic rings. The molecule has 2 aromatic carbocycles. The standard InChI is InChI=1S/C20H19FN2O5S/c1-29(26,27)13-6-7-14(15(21)11-13)12-5-8-16-18(10-12)28-19(22-16)17-4-2-3-9-23(17)20(24)25/h5-8,10-11,17H,2-4,9H2,1H3,(H,24,25). The zero-order chi connectivity index (χ0) is 20.8. The molecule has 1 saturated heterocycles. The summed E-state index contributed by atoms with van der Waals surface area (Å²) in [7, 11) is -3.50. The largest absolute Gasteiger partial charge is 0.465 e. The fourth-order valence-electron chi connectivity index (χ4n) is 3.63. The summed E-state index contributed by atoms with van der Waals surface area (Å²) in [5, 5.41) is 9.42. The van der Waals surface area contributed by atoms with Gasteiger partial charge in [-0.05, 0) is 49.1 Å². The molecule has 0 aliphatic carbocycles. The van der Waals surface area contributed by atoms with Crippen molar-refractivity contribution in [2.75, 3.05) is 12.8 Å². The highest BCUT2D eigenvalue weighted by Gasteiger charge is 2.31. The highest BCUT2D eigenvalue weighted by atomic mass is 32.2. The average Bonchev–Trinajstić information content (AvgIpc) is 3.10. The van der Waals surface area contributed by atoms with Crippen LogP contribution in [0.4, 0.5) is 9.18 Å². The Bertz CT molecular complexity index is 1200. The summed E-state index contributed by atoms with van der Waals surface area (Å²) in [5.41, 5.74) is 1.71. The van der Waals surface area contributed by atoms with Crippen LogP contribution in [0.2, 0.25) is 0 Å². The van der Waals surface area contributed by atoms with Crippen LogP contribution in [0.3, 0.4) is 0 Å². The number of oxazole rings is 1. The molecule has 1 aromatic heterocycles. The molecule has 1 aliphatic heterocycles. The van der Waals surface area contributed by atoms with Crippen molar-refractivity contribution >= 4 is 27.0 Å². The highest BCUT2D eigenvalue weighted by molar-refractivity contribution is 7.90. The number of carbonyl (C=O) groups is 1. The van der Waals surface area contributed by atoms with E-state index in [9.17, 15) is 22.7 Å². The molecule has 1 atom stereocenters. The Labute approximate surface area is 166 Å². The summed E-state index contributed by atoms with van der Waals surface area (Å²) in [6.07, 6.45) is 2.33. The second-order valence-electron chi connectivity index (χ2n) is 7.14. The summed E-state index contributed by atoms with van der Waals surface area (Å²) < 4.78 is 43.6. The van der Waals surface area contributed by atoms with Gasteiger partial charge in [0.1, 0.15) is 17.4 Å². The van der Waals surface area contributed by atoms with Crippen molar-refractivity contribution in [3.8, 4) is 11.1 Å². The predicted molar refractivity (Wildman–Crippen MR) is 104 cm³/mol. The molecule has 1 unspecified atom stereocenters. The number of amides is 1. The van der Waals surface area contributed by atoms with Crippen molar-refractivity contribution in [3.05, 3.63) is 48.1 Å². The number of halogens is 1. The van der Waals surface area contributed by atoms with Gasteiger partial charge in [0, 0.05) is 18.4 Å². The number of hydrogen-bond donors (Lipinski definition) is 1. The third kappa shape index (κ3) is 3.69. The number of carboxylic acid groups (broad SMARTS) is 1. The lowest BCUT2D eigenvalue weighted by molar-refractivity contribution is 0.0969. The quantitative estimate of drug-likeness (QED) is 0.683. The van der Waals surface area contributed by atoms with E-state index in [4.69, 9.17) is 4.42 Å². The van der Waals surface area contributed by atoms with Crippen LogP contribution in [0.15, 0.2) is 45.7 Å². The van der Waals surface area contributed by atoms with E-state index in [-0.39, 0.29) is 10.5 Å². The molecular formula is C20H19FN2O5S. The number of rotatable bonds is 3. The highest BCUT2D eigenvalue weighted by Crippen LogP contribution is 2.34. The molecular weight excluding hydrogens is 399 g/mol. The van der Waals surface area contributed by atoms with E-state index in [0.29, 0.717) is 35.5 Å². The van der Waals surface area contributed by atoms with E-state index in [1.165, 1.54) is 17.0 Å². The molecule has 0 radical (unpaired) electrons. The van der Waals surface area contributed by atoms with E-state index < -0.39 is 27.8 Å². The minimum Gasteiger partial charge on any atom is -0.465 e. The Balaban J connectivity index is 1.71. The lowest BCUT2D eigenvalue weighted by atomic mass is 10.0. The third-order valence-electron chi connectivity index (χ3n) is 5.12. The van der Waals surface area contributed by atoms with Gasteiger partial charge in [-0.3, -0.25) is 4.90 Å². The number of nitrogens with zero attached hydrogens (tertiary/aromatic N) is 2. The first-order valence-corrected chi connectivity index (χ1v) is 11.0. The monoisotopic (exact) mass is 418 g/mol. The van der Waals surface area contributed by atoms with E-state index in [1.54, 1.807) is 18.2 Å². The van der Waals surface area contributed by atoms with Crippen molar-refractivity contribution in [1.29, 1.82) is 0 Å². The maximum absolute atomic E-state index is 14.5. The first-order chi connectivity index (χ1) is 13.7. The summed E-state index contributed by atoms with van der Waals surface area (Å²) in [4.78, 5) is 17.2. The molecule has 0 saturated carbocycles. The Morgan fingerprint density at radius 2 is 2.03 bits per heavy atom. The summed E-state index contributed by atoms with van der Waals surface area (Å²) >= 11 is 0. The van der Waals surface area contributed by atoms with Gasteiger partial charge in [0.25, 0.3) is 0 Å². The molecule has 2 heterocycles. The van der Waals surface area contributed by atoms with E-state index >= 15 is 0 Å². The van der Waals surface area contributed by atoms with Crippen LogP contribution >= 0.6 is 0 Å². The van der Waals surface area contributed by atoms with Gasteiger partial charge < -0.3 is 9.52 Å². The Morgan fingerprint density at radius 1 is 1.24 bits per heavy atom. The first-order valence-electron chi connectivity index (χ1n) is 9.14. The maximum atomic E-state index is 14.5. The SMILES string of the molecule is CS(=O)(=O)c1ccc(-c2ccc3nc(C4CCCCN4C(=O)O)oc3c2)c(F)c1. The molecule has 4 rings (SSSR count). The van der Waals surface area contributed by atoms with Gasteiger partial charge >= 0.3 is 6.09 Å². The number of hydrogen-bond acceptors (Lipinski definition) is 5. The zero-order valence-electron chi connectivity index (χ0n) is 15.6. The molecule has 0 spiro atoms. The van der Waals surface area contributed by atoms with Gasteiger partial charge in [-0.15, -0.1) is 0 Å². The maximum Gasteiger partial charge on any atom is 0.407 e. The van der Waals surface area contributed by atoms with Crippen molar-refractivity contribution < 1.29 is 27.1 Å². The number of sulfone groups is 1. The fourth-order valence-corrected chi connectivity index (χ4v) is 4.26. The zero-order valence-corrected chi connectivity index (χ0v) is 16.4. The van der Waals surface area contributed by atoms with Crippen LogP contribution in [0, 0.1) is 5.82 Å². The third-order valence-corrected chi connectivity index (χ3v) is 6.23. The molecule has 29 heavy (non-hydrogen) atoms. The van der Waals surface area contributed by atoms with E-state index in [0.717, 1.165) is 25.2 Å². The number of fused-ring (bicyclic) bond motifs is 1. The van der Waals surface area contributed by atoms with Crippen LogP contribution in [-0.4, -0.2) is 42.3 Å².